The Morgan fingerprint density at radius 1 is 1.28 bits per heavy atom. The highest BCUT2D eigenvalue weighted by molar-refractivity contribution is 7.99. The van der Waals surface area contributed by atoms with Gasteiger partial charge < -0.3 is 9.32 Å². The molecule has 150 valence electrons. The molecule has 0 bridgehead atoms. The van der Waals surface area contributed by atoms with Crippen LogP contribution in [0.5, 0.6) is 0 Å². The number of furan rings is 1. The highest BCUT2D eigenvalue weighted by Crippen LogP contribution is 2.22. The molecule has 0 fully saturated rings. The van der Waals surface area contributed by atoms with E-state index >= 15 is 0 Å². The smallest absolute Gasteiger partial charge is 0.233 e. The fraction of sp³-hybridized carbons (Fsp3) is 0.333. The van der Waals surface area contributed by atoms with Gasteiger partial charge in [-0.15, -0.1) is 5.10 Å². The Hall–Kier alpha value is -3.05. The Kier molecular flexibility index (Phi) is 7.09. The van der Waals surface area contributed by atoms with Crippen molar-refractivity contribution in [2.24, 2.45) is 0 Å². The molecule has 29 heavy (non-hydrogen) atoms. The van der Waals surface area contributed by atoms with E-state index < -0.39 is 0 Å². The van der Waals surface area contributed by atoms with Crippen LogP contribution in [0.2, 0.25) is 0 Å². The zero-order valence-electron chi connectivity index (χ0n) is 16.5. The van der Waals surface area contributed by atoms with E-state index in [0.717, 1.165) is 11.5 Å². The average molecular weight is 410 g/mol. The summed E-state index contributed by atoms with van der Waals surface area (Å²) in [5, 5.41) is 14.0. The third-order valence-electron chi connectivity index (χ3n) is 4.23. The number of para-hydroxylation sites is 1. The molecule has 1 amide bonds. The molecule has 0 radical (unpaired) electrons. The summed E-state index contributed by atoms with van der Waals surface area (Å²) < 4.78 is 7.17. The monoisotopic (exact) mass is 409 g/mol. The van der Waals surface area contributed by atoms with Crippen molar-refractivity contribution in [1.82, 2.24) is 19.7 Å². The Morgan fingerprint density at radius 3 is 2.72 bits per heavy atom. The van der Waals surface area contributed by atoms with E-state index in [1.165, 1.54) is 11.8 Å². The highest BCUT2D eigenvalue weighted by Gasteiger charge is 2.19. The van der Waals surface area contributed by atoms with E-state index in [0.29, 0.717) is 24.0 Å². The van der Waals surface area contributed by atoms with Gasteiger partial charge in [0.2, 0.25) is 11.1 Å². The first-order valence-electron chi connectivity index (χ1n) is 9.40. The fourth-order valence-electron chi connectivity index (χ4n) is 2.78. The Morgan fingerprint density at radius 2 is 2.07 bits per heavy atom. The van der Waals surface area contributed by atoms with Gasteiger partial charge in [-0.3, -0.25) is 4.79 Å². The molecule has 0 aliphatic rings. The molecule has 0 aliphatic carbocycles. The number of rotatable bonds is 9. The quantitative estimate of drug-likeness (QED) is 0.496. The molecule has 0 saturated carbocycles. The molecule has 3 aromatic rings. The average Bonchev–Trinajstić information content (AvgIpc) is 3.40. The molecule has 0 atom stereocenters. The van der Waals surface area contributed by atoms with Gasteiger partial charge in [0.05, 0.1) is 36.7 Å². The van der Waals surface area contributed by atoms with Crippen LogP contribution in [0.15, 0.2) is 58.3 Å². The fourth-order valence-corrected chi connectivity index (χ4v) is 3.52. The lowest BCUT2D eigenvalue weighted by atomic mass is 10.2. The van der Waals surface area contributed by atoms with E-state index in [9.17, 15) is 4.79 Å². The number of nitriles is 1. The van der Waals surface area contributed by atoms with Crippen LogP contribution >= 0.6 is 11.8 Å². The molecule has 0 N–H and O–H groups in total. The van der Waals surface area contributed by atoms with Crippen LogP contribution in [0.3, 0.4) is 0 Å². The summed E-state index contributed by atoms with van der Waals surface area (Å²) in [6, 6.07) is 15.5. The summed E-state index contributed by atoms with van der Waals surface area (Å²) in [5.41, 5.74) is 0.940. The number of benzene rings is 1. The molecule has 0 spiro atoms. The van der Waals surface area contributed by atoms with E-state index in [-0.39, 0.29) is 24.0 Å². The van der Waals surface area contributed by atoms with Crippen LogP contribution in [0.4, 0.5) is 0 Å². The minimum absolute atomic E-state index is 0.0798. The van der Waals surface area contributed by atoms with Crippen molar-refractivity contribution >= 4 is 17.7 Å². The van der Waals surface area contributed by atoms with E-state index in [1.54, 1.807) is 17.2 Å². The predicted octanol–water partition coefficient (Wildman–Crippen LogP) is 4.02. The molecule has 3 rings (SSSR count). The van der Waals surface area contributed by atoms with Crippen molar-refractivity contribution in [2.45, 2.75) is 37.9 Å². The van der Waals surface area contributed by atoms with Gasteiger partial charge >= 0.3 is 0 Å². The lowest BCUT2D eigenvalue weighted by Crippen LogP contribution is -2.32. The van der Waals surface area contributed by atoms with Gasteiger partial charge in [-0.1, -0.05) is 43.8 Å². The molecule has 0 saturated heterocycles. The maximum atomic E-state index is 12.7. The molecule has 2 aromatic heterocycles. The van der Waals surface area contributed by atoms with Crippen molar-refractivity contribution in [2.75, 3.05) is 12.3 Å². The highest BCUT2D eigenvalue weighted by atomic mass is 32.2. The number of carbonyl (C=O) groups is 1. The molecule has 7 nitrogen and oxygen atoms in total. The normalized spacial score (nSPS) is 10.8. The van der Waals surface area contributed by atoms with E-state index in [4.69, 9.17) is 9.68 Å². The zero-order chi connectivity index (χ0) is 20.6. The largest absolute Gasteiger partial charge is 0.467 e. The maximum Gasteiger partial charge on any atom is 0.233 e. The molecule has 0 unspecified atom stereocenters. The lowest BCUT2D eigenvalue weighted by Gasteiger charge is -2.19. The van der Waals surface area contributed by atoms with Crippen LogP contribution in [0, 0.1) is 11.3 Å². The summed E-state index contributed by atoms with van der Waals surface area (Å²) in [4.78, 5) is 19.0. The third kappa shape index (κ3) is 5.48. The van der Waals surface area contributed by atoms with Crippen LogP contribution in [-0.2, 0) is 11.3 Å². The van der Waals surface area contributed by atoms with E-state index in [1.807, 2.05) is 41.1 Å². The molecule has 1 aromatic carbocycles. The molecule has 0 aliphatic heterocycles. The SMILES string of the molecule is CC(C)c1nc(SCC(=O)N(CCC#N)Cc2ccco2)nn1-c1ccccc1. The second-order valence-electron chi connectivity index (χ2n) is 6.75. The Bertz CT molecular complexity index is 961. The zero-order valence-corrected chi connectivity index (χ0v) is 17.3. The molecular weight excluding hydrogens is 386 g/mol. The predicted molar refractivity (Wildman–Crippen MR) is 111 cm³/mol. The first kappa shape index (κ1) is 20.7. The third-order valence-corrected chi connectivity index (χ3v) is 5.05. The Balaban J connectivity index is 1.70. The first-order valence-corrected chi connectivity index (χ1v) is 10.4. The van der Waals surface area contributed by atoms with Crippen molar-refractivity contribution in [3.8, 4) is 11.8 Å². The van der Waals surface area contributed by atoms with Gasteiger partial charge in [-0.25, -0.2) is 9.67 Å². The first-order chi connectivity index (χ1) is 14.1. The second-order valence-corrected chi connectivity index (χ2v) is 7.69. The topological polar surface area (TPSA) is 87.9 Å². The summed E-state index contributed by atoms with van der Waals surface area (Å²) in [6.45, 7) is 4.84. The summed E-state index contributed by atoms with van der Waals surface area (Å²) >= 11 is 1.30. The summed E-state index contributed by atoms with van der Waals surface area (Å²) in [5.74, 6) is 1.85. The number of carbonyl (C=O) groups excluding carboxylic acids is 1. The minimum atomic E-state index is -0.0798. The van der Waals surface area contributed by atoms with Gasteiger partial charge in [-0.2, -0.15) is 5.26 Å². The lowest BCUT2D eigenvalue weighted by molar-refractivity contribution is -0.129. The molecular formula is C21H23N5O2S. The van der Waals surface area contributed by atoms with Crippen molar-refractivity contribution in [1.29, 1.82) is 5.26 Å². The maximum absolute atomic E-state index is 12.7. The van der Waals surface area contributed by atoms with Gasteiger partial charge in [0, 0.05) is 12.5 Å². The summed E-state index contributed by atoms with van der Waals surface area (Å²) in [7, 11) is 0. The van der Waals surface area contributed by atoms with Gasteiger partial charge in [0.15, 0.2) is 0 Å². The number of amides is 1. The number of hydrogen-bond donors (Lipinski definition) is 0. The number of nitrogens with zero attached hydrogens (tertiary/aromatic N) is 5. The Labute approximate surface area is 174 Å². The van der Waals surface area contributed by atoms with Gasteiger partial charge in [0.1, 0.15) is 11.6 Å². The molecule has 8 heteroatoms. The van der Waals surface area contributed by atoms with Crippen molar-refractivity contribution < 1.29 is 9.21 Å². The number of hydrogen-bond acceptors (Lipinski definition) is 6. The molecule has 2 heterocycles. The van der Waals surface area contributed by atoms with Crippen molar-refractivity contribution in [3.63, 3.8) is 0 Å². The minimum Gasteiger partial charge on any atom is -0.467 e. The van der Waals surface area contributed by atoms with Gasteiger partial charge in [-0.05, 0) is 24.3 Å². The summed E-state index contributed by atoms with van der Waals surface area (Å²) in [6.07, 6.45) is 1.85. The van der Waals surface area contributed by atoms with E-state index in [2.05, 4.69) is 30.0 Å². The van der Waals surface area contributed by atoms with Crippen LogP contribution in [0.1, 0.15) is 37.8 Å². The van der Waals surface area contributed by atoms with Crippen LogP contribution < -0.4 is 0 Å². The van der Waals surface area contributed by atoms with Crippen LogP contribution in [0.25, 0.3) is 5.69 Å². The number of thioether (sulfide) groups is 1. The second kappa shape index (κ2) is 9.94. The number of aromatic nitrogens is 3. The van der Waals surface area contributed by atoms with Gasteiger partial charge in [0.25, 0.3) is 0 Å². The van der Waals surface area contributed by atoms with Crippen LogP contribution in [-0.4, -0.2) is 37.9 Å². The standard InChI is InChI=1S/C21H23N5O2S/c1-16(2)20-23-21(24-26(20)17-8-4-3-5-9-17)29-15-19(27)25(12-7-11-22)14-18-10-6-13-28-18/h3-6,8-10,13,16H,7,12,14-15H2,1-2H3. The van der Waals surface area contributed by atoms with Crippen molar-refractivity contribution in [3.05, 3.63) is 60.3 Å².